The fourth-order valence-electron chi connectivity index (χ4n) is 2.33. The van der Waals surface area contributed by atoms with Crippen LogP contribution < -0.4 is 10.9 Å². The molecule has 0 radical (unpaired) electrons. The Balaban J connectivity index is 2.40. The Labute approximate surface area is 115 Å². The Morgan fingerprint density at radius 3 is 2.53 bits per heavy atom. The maximum absolute atomic E-state index is 11.9. The van der Waals surface area contributed by atoms with Crippen molar-refractivity contribution < 1.29 is 4.79 Å². The summed E-state index contributed by atoms with van der Waals surface area (Å²) in [6.07, 6.45) is 3.03. The van der Waals surface area contributed by atoms with Crippen LogP contribution in [-0.2, 0) is 11.2 Å². The highest BCUT2D eigenvalue weighted by Gasteiger charge is 2.34. The number of carbonyl (C=O) groups excluding carboxylic acids is 1. The van der Waals surface area contributed by atoms with Crippen molar-refractivity contribution >= 4 is 12.0 Å². The summed E-state index contributed by atoms with van der Waals surface area (Å²) in [6.45, 7) is 8.42. The highest BCUT2D eigenvalue weighted by molar-refractivity contribution is 6.02. The number of hydrogen-bond acceptors (Lipinski definition) is 2. The van der Waals surface area contributed by atoms with Gasteiger partial charge in [0.2, 0.25) is 0 Å². The Bertz CT molecular complexity index is 515. The number of carbonyl (C=O) groups is 1. The molecule has 3 nitrogen and oxygen atoms in total. The molecule has 1 aliphatic heterocycles. The third-order valence-corrected chi connectivity index (χ3v) is 3.39. The second-order valence-corrected chi connectivity index (χ2v) is 6.06. The molecule has 0 atom stereocenters. The molecular weight excluding hydrogens is 236 g/mol. The fourth-order valence-corrected chi connectivity index (χ4v) is 2.33. The van der Waals surface area contributed by atoms with Gasteiger partial charge in [-0.25, -0.2) is 5.43 Å². The molecule has 1 aliphatic rings. The van der Waals surface area contributed by atoms with Crippen molar-refractivity contribution in [1.29, 1.82) is 0 Å². The van der Waals surface area contributed by atoms with Gasteiger partial charge in [0.1, 0.15) is 0 Å². The molecule has 19 heavy (non-hydrogen) atoms. The van der Waals surface area contributed by atoms with Crippen LogP contribution in [0.5, 0.6) is 0 Å². The van der Waals surface area contributed by atoms with Crippen molar-refractivity contribution in [3.63, 3.8) is 0 Å². The van der Waals surface area contributed by atoms with Gasteiger partial charge in [-0.2, -0.15) is 0 Å². The normalized spacial score (nSPS) is 20.1. The predicted molar refractivity (Wildman–Crippen MR) is 78.3 cm³/mol. The molecule has 0 saturated carbocycles. The van der Waals surface area contributed by atoms with Crippen molar-refractivity contribution in [2.45, 2.75) is 39.7 Å². The van der Waals surface area contributed by atoms with Crippen molar-refractivity contribution in [2.75, 3.05) is 0 Å². The molecule has 3 heteroatoms. The van der Waals surface area contributed by atoms with E-state index >= 15 is 0 Å². The second-order valence-electron chi connectivity index (χ2n) is 6.06. The van der Waals surface area contributed by atoms with Crippen LogP contribution in [-0.4, -0.2) is 11.4 Å². The quantitative estimate of drug-likeness (QED) is 0.818. The van der Waals surface area contributed by atoms with E-state index in [1.54, 1.807) is 0 Å². The van der Waals surface area contributed by atoms with Gasteiger partial charge >= 0.3 is 0 Å². The largest absolute Gasteiger partial charge is 0.287 e. The van der Waals surface area contributed by atoms with E-state index in [0.717, 1.165) is 17.6 Å². The van der Waals surface area contributed by atoms with E-state index in [4.69, 9.17) is 0 Å². The third kappa shape index (κ3) is 3.04. The summed E-state index contributed by atoms with van der Waals surface area (Å²) in [5.41, 5.74) is 8.57. The summed E-state index contributed by atoms with van der Waals surface area (Å²) < 4.78 is 0. The topological polar surface area (TPSA) is 41.1 Å². The van der Waals surface area contributed by atoms with Crippen molar-refractivity contribution in [3.05, 3.63) is 41.0 Å². The average Bonchev–Trinajstić information content (AvgIpc) is 2.58. The summed E-state index contributed by atoms with van der Waals surface area (Å²) >= 11 is 0. The molecule has 0 spiro atoms. The zero-order chi connectivity index (χ0) is 14.0. The van der Waals surface area contributed by atoms with Gasteiger partial charge in [0.25, 0.3) is 5.91 Å². The highest BCUT2D eigenvalue weighted by atomic mass is 16.2. The van der Waals surface area contributed by atoms with Crippen LogP contribution in [0, 0.1) is 5.92 Å². The molecule has 2 rings (SSSR count). The lowest BCUT2D eigenvalue weighted by atomic mass is 9.91. The lowest BCUT2D eigenvalue weighted by Gasteiger charge is -2.17. The van der Waals surface area contributed by atoms with Crippen molar-refractivity contribution in [2.24, 2.45) is 5.92 Å². The molecule has 102 valence electrons. The first-order valence-corrected chi connectivity index (χ1v) is 6.78. The molecule has 1 amide bonds. The molecule has 1 aromatic carbocycles. The zero-order valence-corrected chi connectivity index (χ0v) is 12.1. The standard InChI is InChI=1S/C16H22N2O/c1-11(2)9-12-7-5-6-8-13(12)10-14-15(19)17-18-16(14,3)4/h5-8,10-11,18H,9H2,1-4H3,(H,17,19)/b14-10+. The predicted octanol–water partition coefficient (Wildman–Crippen LogP) is 2.68. The lowest BCUT2D eigenvalue weighted by Crippen LogP contribution is -2.38. The third-order valence-electron chi connectivity index (χ3n) is 3.39. The maximum Gasteiger partial charge on any atom is 0.263 e. The SMILES string of the molecule is CC(C)Cc1ccccc1/C=C1\C(=O)NNC1(C)C. The monoisotopic (exact) mass is 258 g/mol. The van der Waals surface area contributed by atoms with Crippen LogP contribution in [0.2, 0.25) is 0 Å². The molecular formula is C16H22N2O. The minimum Gasteiger partial charge on any atom is -0.287 e. The Morgan fingerprint density at radius 2 is 1.95 bits per heavy atom. The zero-order valence-electron chi connectivity index (χ0n) is 12.1. The Hall–Kier alpha value is -1.61. The first-order valence-electron chi connectivity index (χ1n) is 6.78. The summed E-state index contributed by atoms with van der Waals surface area (Å²) in [5.74, 6) is 0.562. The minimum atomic E-state index is -0.331. The van der Waals surface area contributed by atoms with Gasteiger partial charge in [-0.05, 0) is 43.4 Å². The molecule has 2 N–H and O–H groups in total. The van der Waals surface area contributed by atoms with Crippen LogP contribution in [0.25, 0.3) is 6.08 Å². The van der Waals surface area contributed by atoms with E-state index in [9.17, 15) is 4.79 Å². The molecule has 1 heterocycles. The molecule has 1 aromatic rings. The Kier molecular flexibility index (Phi) is 3.76. The van der Waals surface area contributed by atoms with Crippen LogP contribution >= 0.6 is 0 Å². The first-order chi connectivity index (χ1) is 8.90. The summed E-state index contributed by atoms with van der Waals surface area (Å²) in [7, 11) is 0. The number of rotatable bonds is 3. The number of hydrogen-bond donors (Lipinski definition) is 2. The van der Waals surface area contributed by atoms with E-state index in [2.05, 4.69) is 42.9 Å². The second kappa shape index (κ2) is 5.17. The van der Waals surface area contributed by atoms with E-state index < -0.39 is 0 Å². The van der Waals surface area contributed by atoms with Gasteiger partial charge in [-0.1, -0.05) is 38.1 Å². The fraction of sp³-hybridized carbons (Fsp3) is 0.438. The summed E-state index contributed by atoms with van der Waals surface area (Å²) in [6, 6.07) is 8.29. The molecule has 0 aromatic heterocycles. The van der Waals surface area contributed by atoms with E-state index in [1.165, 1.54) is 5.56 Å². The minimum absolute atomic E-state index is 0.0376. The first kappa shape index (κ1) is 13.8. The van der Waals surface area contributed by atoms with E-state index in [1.807, 2.05) is 26.0 Å². The van der Waals surface area contributed by atoms with E-state index in [-0.39, 0.29) is 11.4 Å². The van der Waals surface area contributed by atoms with Crippen molar-refractivity contribution in [3.8, 4) is 0 Å². The van der Waals surface area contributed by atoms with Gasteiger partial charge in [0.15, 0.2) is 0 Å². The summed E-state index contributed by atoms with van der Waals surface area (Å²) in [5, 5.41) is 0. The lowest BCUT2D eigenvalue weighted by molar-refractivity contribution is -0.116. The molecule has 0 bridgehead atoms. The molecule has 1 fully saturated rings. The smallest absolute Gasteiger partial charge is 0.263 e. The van der Waals surface area contributed by atoms with Gasteiger partial charge in [0.05, 0.1) is 5.54 Å². The van der Waals surface area contributed by atoms with Crippen LogP contribution in [0.3, 0.4) is 0 Å². The van der Waals surface area contributed by atoms with Crippen LogP contribution in [0.15, 0.2) is 29.8 Å². The number of amides is 1. The molecule has 0 aliphatic carbocycles. The van der Waals surface area contributed by atoms with Crippen LogP contribution in [0.1, 0.15) is 38.8 Å². The van der Waals surface area contributed by atoms with Crippen molar-refractivity contribution in [1.82, 2.24) is 10.9 Å². The summed E-state index contributed by atoms with van der Waals surface area (Å²) in [4.78, 5) is 11.9. The maximum atomic E-state index is 11.9. The molecule has 1 saturated heterocycles. The number of nitrogens with one attached hydrogen (secondary N) is 2. The highest BCUT2D eigenvalue weighted by Crippen LogP contribution is 2.25. The van der Waals surface area contributed by atoms with Gasteiger partial charge < -0.3 is 0 Å². The Morgan fingerprint density at radius 1 is 1.26 bits per heavy atom. The van der Waals surface area contributed by atoms with Gasteiger partial charge in [-0.3, -0.25) is 10.2 Å². The van der Waals surface area contributed by atoms with Crippen LogP contribution in [0.4, 0.5) is 0 Å². The van der Waals surface area contributed by atoms with E-state index in [0.29, 0.717) is 5.92 Å². The number of benzene rings is 1. The molecule has 0 unspecified atom stereocenters. The number of hydrazine groups is 1. The average molecular weight is 258 g/mol. The van der Waals surface area contributed by atoms with Gasteiger partial charge in [0, 0.05) is 5.57 Å². The van der Waals surface area contributed by atoms with Gasteiger partial charge in [-0.15, -0.1) is 0 Å².